The number of morpholine rings is 1. The molecule has 11 heteroatoms. The van der Waals surface area contributed by atoms with Crippen LogP contribution >= 0.6 is 0 Å². The predicted octanol–water partition coefficient (Wildman–Crippen LogP) is 0.980. The molecule has 0 bridgehead atoms. The van der Waals surface area contributed by atoms with E-state index in [-0.39, 0.29) is 12.5 Å². The largest absolute Gasteiger partial charge is 0.378 e. The molecule has 2 aliphatic heterocycles. The van der Waals surface area contributed by atoms with Gasteiger partial charge in [0.1, 0.15) is 6.54 Å². The summed E-state index contributed by atoms with van der Waals surface area (Å²) in [7, 11) is 2.08. The normalized spacial score (nSPS) is 17.7. The summed E-state index contributed by atoms with van der Waals surface area (Å²) < 4.78 is 7.24. The molecule has 0 atom stereocenters. The number of nitrogens with one attached hydrogen (secondary N) is 1. The fourth-order valence-corrected chi connectivity index (χ4v) is 4.63. The molecule has 0 saturated carbocycles. The maximum absolute atomic E-state index is 13.1. The monoisotopic (exact) mass is 461 g/mol. The summed E-state index contributed by atoms with van der Waals surface area (Å²) in [6, 6.07) is 6.01. The summed E-state index contributed by atoms with van der Waals surface area (Å²) in [5.41, 5.74) is 3.35. The number of fused-ring (bicyclic) bond motifs is 2. The van der Waals surface area contributed by atoms with Crippen LogP contribution in [0, 0.1) is 0 Å². The SMILES string of the molecule is CN1CCN(C(=O)Cn2ncc3c(-c4cccc5[nH]ncc45)nc(N4CCOCC4)nc32)CC1. The molecular formula is C23H27N9O2. The van der Waals surface area contributed by atoms with Crippen molar-refractivity contribution >= 4 is 33.8 Å². The Hall–Kier alpha value is -3.57. The van der Waals surface area contributed by atoms with E-state index in [0.29, 0.717) is 24.8 Å². The molecule has 1 amide bonds. The van der Waals surface area contributed by atoms with Crippen molar-refractivity contribution in [3.05, 3.63) is 30.6 Å². The number of rotatable bonds is 4. The van der Waals surface area contributed by atoms with Gasteiger partial charge in [-0.2, -0.15) is 15.2 Å². The van der Waals surface area contributed by atoms with E-state index >= 15 is 0 Å². The van der Waals surface area contributed by atoms with Gasteiger partial charge < -0.3 is 19.4 Å². The second kappa shape index (κ2) is 8.65. The van der Waals surface area contributed by atoms with Crippen molar-refractivity contribution in [1.82, 2.24) is 39.7 Å². The molecule has 2 saturated heterocycles. The molecule has 1 N–H and O–H groups in total. The first-order chi connectivity index (χ1) is 16.7. The smallest absolute Gasteiger partial charge is 0.244 e. The van der Waals surface area contributed by atoms with Gasteiger partial charge in [-0.15, -0.1) is 0 Å². The van der Waals surface area contributed by atoms with Crippen LogP contribution in [-0.4, -0.2) is 105 Å². The highest BCUT2D eigenvalue weighted by Crippen LogP contribution is 2.33. The van der Waals surface area contributed by atoms with Crippen molar-refractivity contribution in [2.24, 2.45) is 0 Å². The molecule has 1 aromatic carbocycles. The number of hydrogen-bond acceptors (Lipinski definition) is 8. The number of anilines is 1. The van der Waals surface area contributed by atoms with E-state index in [0.717, 1.165) is 66.8 Å². The summed E-state index contributed by atoms with van der Waals surface area (Å²) in [5.74, 6) is 0.684. The fraction of sp³-hybridized carbons (Fsp3) is 0.435. The molecule has 0 radical (unpaired) electrons. The van der Waals surface area contributed by atoms with Gasteiger partial charge in [0, 0.05) is 50.2 Å². The number of aromatic amines is 1. The predicted molar refractivity (Wildman–Crippen MR) is 128 cm³/mol. The maximum Gasteiger partial charge on any atom is 0.244 e. The summed E-state index contributed by atoms with van der Waals surface area (Å²) in [6.45, 7) is 6.09. The Morgan fingerprint density at radius 1 is 1.03 bits per heavy atom. The standard InChI is InChI=1S/C23H27N9O2/c1-29-5-7-30(8-6-29)20(33)15-32-22-18(14-25-32)21(16-3-2-4-19-17(16)13-24-28-19)26-23(27-22)31-9-11-34-12-10-31/h2-4,13-14H,5-12,15H2,1H3,(H,24,28). The van der Waals surface area contributed by atoms with Gasteiger partial charge in [-0.1, -0.05) is 12.1 Å². The Balaban J connectivity index is 1.43. The number of carbonyl (C=O) groups excluding carboxylic acids is 1. The average Bonchev–Trinajstić information content (AvgIpc) is 3.52. The lowest BCUT2D eigenvalue weighted by Crippen LogP contribution is -2.48. The van der Waals surface area contributed by atoms with Crippen molar-refractivity contribution in [3.8, 4) is 11.3 Å². The molecule has 4 aromatic rings. The van der Waals surface area contributed by atoms with Gasteiger partial charge in [-0.25, -0.2) is 9.67 Å². The van der Waals surface area contributed by atoms with E-state index in [1.165, 1.54) is 0 Å². The number of hydrogen-bond donors (Lipinski definition) is 1. The average molecular weight is 462 g/mol. The molecule has 0 aliphatic carbocycles. The topological polar surface area (TPSA) is 108 Å². The molecular weight excluding hydrogens is 434 g/mol. The molecule has 2 fully saturated rings. The number of amides is 1. The molecule has 176 valence electrons. The highest BCUT2D eigenvalue weighted by Gasteiger charge is 2.24. The lowest BCUT2D eigenvalue weighted by atomic mass is 10.1. The van der Waals surface area contributed by atoms with Gasteiger partial charge >= 0.3 is 0 Å². The van der Waals surface area contributed by atoms with E-state index in [4.69, 9.17) is 14.7 Å². The molecule has 0 spiro atoms. The Bertz CT molecular complexity index is 1330. The van der Waals surface area contributed by atoms with Crippen LogP contribution in [0.2, 0.25) is 0 Å². The van der Waals surface area contributed by atoms with Crippen molar-refractivity contribution in [2.75, 3.05) is 64.4 Å². The van der Waals surface area contributed by atoms with Crippen LogP contribution in [0.4, 0.5) is 5.95 Å². The zero-order chi connectivity index (χ0) is 23.1. The lowest BCUT2D eigenvalue weighted by molar-refractivity contribution is -0.133. The van der Waals surface area contributed by atoms with Crippen LogP contribution in [0.15, 0.2) is 30.6 Å². The minimum atomic E-state index is 0.0584. The van der Waals surface area contributed by atoms with Gasteiger partial charge in [0.05, 0.1) is 42.2 Å². The number of benzene rings is 1. The number of aromatic nitrogens is 6. The third-order valence-corrected chi connectivity index (χ3v) is 6.66. The number of piperazine rings is 1. The van der Waals surface area contributed by atoms with E-state index in [9.17, 15) is 4.79 Å². The third kappa shape index (κ3) is 3.76. The summed E-state index contributed by atoms with van der Waals surface area (Å²) in [4.78, 5) is 29.2. The quantitative estimate of drug-likeness (QED) is 0.479. The van der Waals surface area contributed by atoms with Crippen LogP contribution < -0.4 is 4.90 Å². The van der Waals surface area contributed by atoms with Gasteiger partial charge in [0.2, 0.25) is 11.9 Å². The third-order valence-electron chi connectivity index (χ3n) is 6.66. The minimum Gasteiger partial charge on any atom is -0.378 e. The minimum absolute atomic E-state index is 0.0584. The number of H-pyrrole nitrogens is 1. The second-order valence-electron chi connectivity index (χ2n) is 8.83. The number of ether oxygens (including phenoxy) is 1. The highest BCUT2D eigenvalue weighted by atomic mass is 16.5. The molecule has 11 nitrogen and oxygen atoms in total. The van der Waals surface area contributed by atoms with E-state index < -0.39 is 0 Å². The molecule has 34 heavy (non-hydrogen) atoms. The zero-order valence-electron chi connectivity index (χ0n) is 19.1. The molecule has 2 aliphatic rings. The lowest BCUT2D eigenvalue weighted by Gasteiger charge is -2.32. The van der Waals surface area contributed by atoms with E-state index in [1.54, 1.807) is 10.9 Å². The van der Waals surface area contributed by atoms with Crippen molar-refractivity contribution in [1.29, 1.82) is 0 Å². The molecule has 6 rings (SSSR count). The second-order valence-corrected chi connectivity index (χ2v) is 8.83. The van der Waals surface area contributed by atoms with Gasteiger partial charge in [-0.05, 0) is 13.1 Å². The molecule has 5 heterocycles. The van der Waals surface area contributed by atoms with Gasteiger partial charge in [-0.3, -0.25) is 9.89 Å². The van der Waals surface area contributed by atoms with Crippen molar-refractivity contribution < 1.29 is 9.53 Å². The summed E-state index contributed by atoms with van der Waals surface area (Å²) in [5, 5.41) is 13.6. The number of nitrogens with zero attached hydrogens (tertiary/aromatic N) is 8. The van der Waals surface area contributed by atoms with Crippen LogP contribution in [-0.2, 0) is 16.1 Å². The molecule has 0 unspecified atom stereocenters. The molecule has 3 aromatic heterocycles. The van der Waals surface area contributed by atoms with Crippen LogP contribution in [0.3, 0.4) is 0 Å². The van der Waals surface area contributed by atoms with Crippen LogP contribution in [0.5, 0.6) is 0 Å². The van der Waals surface area contributed by atoms with E-state index in [1.807, 2.05) is 29.3 Å². The Labute approximate surface area is 196 Å². The highest BCUT2D eigenvalue weighted by molar-refractivity contribution is 6.01. The van der Waals surface area contributed by atoms with Crippen LogP contribution in [0.1, 0.15) is 0 Å². The Morgan fingerprint density at radius 2 is 1.85 bits per heavy atom. The number of likely N-dealkylation sites (N-methyl/N-ethyl adjacent to an activating group) is 1. The van der Waals surface area contributed by atoms with Gasteiger partial charge in [0.15, 0.2) is 5.65 Å². The van der Waals surface area contributed by atoms with E-state index in [2.05, 4.69) is 32.1 Å². The first-order valence-electron chi connectivity index (χ1n) is 11.6. The summed E-state index contributed by atoms with van der Waals surface area (Å²) >= 11 is 0. The van der Waals surface area contributed by atoms with Gasteiger partial charge in [0.25, 0.3) is 0 Å². The fourth-order valence-electron chi connectivity index (χ4n) is 4.63. The maximum atomic E-state index is 13.1. The van der Waals surface area contributed by atoms with Crippen LogP contribution in [0.25, 0.3) is 33.2 Å². The zero-order valence-corrected chi connectivity index (χ0v) is 19.1. The Kier molecular flexibility index (Phi) is 5.34. The number of carbonyl (C=O) groups is 1. The summed E-state index contributed by atoms with van der Waals surface area (Å²) in [6.07, 6.45) is 3.58. The first kappa shape index (κ1) is 21.0. The van der Waals surface area contributed by atoms with Crippen molar-refractivity contribution in [2.45, 2.75) is 6.54 Å². The Morgan fingerprint density at radius 3 is 2.68 bits per heavy atom. The van der Waals surface area contributed by atoms with Crippen molar-refractivity contribution in [3.63, 3.8) is 0 Å². The first-order valence-corrected chi connectivity index (χ1v) is 11.6.